The molecule has 0 aliphatic heterocycles. The molecule has 0 saturated heterocycles. The van der Waals surface area contributed by atoms with Crippen molar-refractivity contribution in [2.75, 3.05) is 5.32 Å². The summed E-state index contributed by atoms with van der Waals surface area (Å²) in [5, 5.41) is 2.94. The minimum atomic E-state index is 0.0132. The second kappa shape index (κ2) is 7.93. The average Bonchev–Trinajstić information content (AvgIpc) is 2.99. The summed E-state index contributed by atoms with van der Waals surface area (Å²) in [4.78, 5) is 16.4. The third-order valence-corrected chi connectivity index (χ3v) is 4.40. The van der Waals surface area contributed by atoms with E-state index in [4.69, 9.17) is 10.5 Å². The number of hydrogen-bond donors (Lipinski definition) is 2. The highest BCUT2D eigenvalue weighted by Gasteiger charge is 2.25. The Bertz CT molecular complexity index is 675. The van der Waals surface area contributed by atoms with Gasteiger partial charge in [0.1, 0.15) is 12.4 Å². The van der Waals surface area contributed by atoms with Crippen LogP contribution < -0.4 is 15.8 Å². The Hall–Kier alpha value is -2.40. The van der Waals surface area contributed by atoms with Crippen LogP contribution in [0.3, 0.4) is 0 Å². The molecule has 0 spiro atoms. The summed E-state index contributed by atoms with van der Waals surface area (Å²) in [6.45, 7) is 0.398. The van der Waals surface area contributed by atoms with Crippen LogP contribution >= 0.6 is 0 Å². The highest BCUT2D eigenvalue weighted by atomic mass is 16.5. The van der Waals surface area contributed by atoms with Crippen molar-refractivity contribution in [2.24, 2.45) is 11.7 Å². The fourth-order valence-electron chi connectivity index (χ4n) is 3.07. The van der Waals surface area contributed by atoms with Crippen molar-refractivity contribution in [1.29, 1.82) is 0 Å². The molecule has 1 fully saturated rings. The number of pyridine rings is 1. The van der Waals surface area contributed by atoms with Gasteiger partial charge < -0.3 is 15.8 Å². The summed E-state index contributed by atoms with van der Waals surface area (Å²) in [5.74, 6) is 1.02. The summed E-state index contributed by atoms with van der Waals surface area (Å²) in [5.41, 5.74) is 7.64. The molecular formula is C19H23N3O2. The zero-order valence-electron chi connectivity index (χ0n) is 13.7. The maximum atomic E-state index is 12.2. The third-order valence-electron chi connectivity index (χ3n) is 4.40. The van der Waals surface area contributed by atoms with E-state index in [1.807, 2.05) is 42.5 Å². The molecule has 1 aliphatic carbocycles. The number of carbonyl (C=O) groups excluding carboxylic acids is 1. The first-order valence-corrected chi connectivity index (χ1v) is 8.39. The molecule has 5 nitrogen and oxygen atoms in total. The number of carbonyl (C=O) groups is 1. The van der Waals surface area contributed by atoms with Crippen LogP contribution in [0.5, 0.6) is 5.75 Å². The van der Waals surface area contributed by atoms with Crippen LogP contribution in [-0.2, 0) is 11.4 Å². The number of amides is 1. The van der Waals surface area contributed by atoms with Crippen LogP contribution in [0, 0.1) is 5.92 Å². The van der Waals surface area contributed by atoms with Crippen LogP contribution in [0.25, 0.3) is 0 Å². The van der Waals surface area contributed by atoms with Crippen LogP contribution in [0.15, 0.2) is 48.7 Å². The van der Waals surface area contributed by atoms with Gasteiger partial charge in [0, 0.05) is 30.4 Å². The average molecular weight is 325 g/mol. The van der Waals surface area contributed by atoms with Gasteiger partial charge in [-0.2, -0.15) is 0 Å². The van der Waals surface area contributed by atoms with Crippen LogP contribution in [0.1, 0.15) is 31.4 Å². The molecule has 1 amide bonds. The Morgan fingerprint density at radius 1 is 1.25 bits per heavy atom. The molecule has 1 aromatic carbocycles. The Morgan fingerprint density at radius 3 is 2.92 bits per heavy atom. The van der Waals surface area contributed by atoms with Crippen molar-refractivity contribution in [1.82, 2.24) is 4.98 Å². The van der Waals surface area contributed by atoms with E-state index in [-0.39, 0.29) is 11.9 Å². The number of nitrogens with one attached hydrogen (secondary N) is 1. The molecule has 0 bridgehead atoms. The van der Waals surface area contributed by atoms with E-state index in [1.165, 1.54) is 0 Å². The lowest BCUT2D eigenvalue weighted by Crippen LogP contribution is -2.28. The van der Waals surface area contributed by atoms with Gasteiger partial charge in [-0.1, -0.05) is 18.6 Å². The number of rotatable bonds is 6. The second-order valence-electron chi connectivity index (χ2n) is 6.24. The van der Waals surface area contributed by atoms with E-state index in [1.54, 1.807) is 6.20 Å². The van der Waals surface area contributed by atoms with E-state index in [9.17, 15) is 4.79 Å². The van der Waals surface area contributed by atoms with E-state index < -0.39 is 0 Å². The molecule has 1 aromatic heterocycles. The molecule has 1 aliphatic rings. The van der Waals surface area contributed by atoms with Gasteiger partial charge in [0.2, 0.25) is 5.91 Å². The highest BCUT2D eigenvalue weighted by Crippen LogP contribution is 2.27. The molecule has 2 atom stereocenters. The fourth-order valence-corrected chi connectivity index (χ4v) is 3.07. The van der Waals surface area contributed by atoms with Gasteiger partial charge in [-0.25, -0.2) is 0 Å². The van der Waals surface area contributed by atoms with E-state index >= 15 is 0 Å². The van der Waals surface area contributed by atoms with Crippen molar-refractivity contribution in [2.45, 2.75) is 38.3 Å². The first kappa shape index (κ1) is 16.5. The Kier molecular flexibility index (Phi) is 5.43. The predicted molar refractivity (Wildman–Crippen MR) is 93.6 cm³/mol. The zero-order valence-corrected chi connectivity index (χ0v) is 13.7. The molecule has 3 rings (SSSR count). The summed E-state index contributed by atoms with van der Waals surface area (Å²) in [7, 11) is 0. The summed E-state index contributed by atoms with van der Waals surface area (Å²) >= 11 is 0. The lowest BCUT2D eigenvalue weighted by atomic mass is 10.00. The number of nitrogens with zero attached hydrogens (tertiary/aromatic N) is 1. The Morgan fingerprint density at radius 2 is 2.17 bits per heavy atom. The minimum Gasteiger partial charge on any atom is -0.487 e. The number of aromatic nitrogens is 1. The maximum absolute atomic E-state index is 12.2. The SMILES string of the molecule is N[C@@H]1CCC[C@H]1CC(=O)Nc1cccc(OCc2ccccn2)c1. The number of benzene rings is 1. The monoisotopic (exact) mass is 325 g/mol. The Labute approximate surface area is 142 Å². The van der Waals surface area contributed by atoms with E-state index in [2.05, 4.69) is 10.3 Å². The zero-order chi connectivity index (χ0) is 16.8. The molecule has 5 heteroatoms. The molecule has 24 heavy (non-hydrogen) atoms. The third kappa shape index (κ3) is 4.55. The van der Waals surface area contributed by atoms with Gasteiger partial charge >= 0.3 is 0 Å². The lowest BCUT2D eigenvalue weighted by molar-refractivity contribution is -0.117. The normalized spacial score (nSPS) is 19.9. The summed E-state index contributed by atoms with van der Waals surface area (Å²) in [6.07, 6.45) is 5.41. The number of hydrogen-bond acceptors (Lipinski definition) is 4. The van der Waals surface area contributed by atoms with Gasteiger partial charge in [-0.15, -0.1) is 0 Å². The second-order valence-corrected chi connectivity index (χ2v) is 6.24. The standard InChI is InChI=1S/C19H23N3O2/c20-18-9-3-5-14(18)11-19(23)22-15-7-4-8-17(12-15)24-13-16-6-1-2-10-21-16/h1-2,4,6-8,10,12,14,18H,3,5,9,11,13,20H2,(H,22,23)/t14-,18+/m0/s1. The van der Waals surface area contributed by atoms with Crippen molar-refractivity contribution in [3.63, 3.8) is 0 Å². The van der Waals surface area contributed by atoms with Crippen LogP contribution in [0.2, 0.25) is 0 Å². The molecule has 3 N–H and O–H groups in total. The smallest absolute Gasteiger partial charge is 0.224 e. The summed E-state index contributed by atoms with van der Waals surface area (Å²) in [6, 6.07) is 13.3. The molecule has 2 aromatic rings. The van der Waals surface area contributed by atoms with E-state index in [0.717, 1.165) is 30.6 Å². The quantitative estimate of drug-likeness (QED) is 0.855. The number of anilines is 1. The number of nitrogens with two attached hydrogens (primary N) is 1. The maximum Gasteiger partial charge on any atom is 0.224 e. The molecule has 1 saturated carbocycles. The first-order valence-electron chi connectivity index (χ1n) is 8.39. The largest absolute Gasteiger partial charge is 0.487 e. The number of ether oxygens (including phenoxy) is 1. The molecule has 0 unspecified atom stereocenters. The van der Waals surface area contributed by atoms with Gasteiger partial charge in [0.15, 0.2) is 0 Å². The lowest BCUT2D eigenvalue weighted by Gasteiger charge is -2.15. The molecule has 0 radical (unpaired) electrons. The fraction of sp³-hybridized carbons (Fsp3) is 0.368. The summed E-state index contributed by atoms with van der Waals surface area (Å²) < 4.78 is 5.73. The van der Waals surface area contributed by atoms with Crippen LogP contribution in [0.4, 0.5) is 5.69 Å². The van der Waals surface area contributed by atoms with Gasteiger partial charge in [-0.05, 0) is 43.0 Å². The van der Waals surface area contributed by atoms with Crippen molar-refractivity contribution in [3.05, 3.63) is 54.4 Å². The molecule has 126 valence electrons. The minimum absolute atomic E-state index is 0.0132. The first-order chi connectivity index (χ1) is 11.7. The Balaban J connectivity index is 1.53. The van der Waals surface area contributed by atoms with Crippen LogP contribution in [-0.4, -0.2) is 16.9 Å². The molecule has 1 heterocycles. The molecular weight excluding hydrogens is 302 g/mol. The topological polar surface area (TPSA) is 77.2 Å². The van der Waals surface area contributed by atoms with Crippen molar-refractivity contribution >= 4 is 11.6 Å². The van der Waals surface area contributed by atoms with Crippen molar-refractivity contribution < 1.29 is 9.53 Å². The van der Waals surface area contributed by atoms with Crippen molar-refractivity contribution in [3.8, 4) is 5.75 Å². The van der Waals surface area contributed by atoms with Gasteiger partial charge in [0.25, 0.3) is 0 Å². The van der Waals surface area contributed by atoms with Gasteiger partial charge in [-0.3, -0.25) is 9.78 Å². The highest BCUT2D eigenvalue weighted by molar-refractivity contribution is 5.91. The van der Waals surface area contributed by atoms with E-state index in [0.29, 0.717) is 24.7 Å². The predicted octanol–water partition coefficient (Wildman–Crippen LogP) is 3.12. The van der Waals surface area contributed by atoms with Gasteiger partial charge in [0.05, 0.1) is 5.69 Å².